The first-order valence-corrected chi connectivity index (χ1v) is 13.2. The van der Waals surface area contributed by atoms with Gasteiger partial charge in [0.25, 0.3) is 0 Å². The molecule has 35 heavy (non-hydrogen) atoms. The van der Waals surface area contributed by atoms with Crippen LogP contribution < -0.4 is 10.6 Å². The van der Waals surface area contributed by atoms with Crippen LogP contribution in [0.3, 0.4) is 0 Å². The maximum atomic E-state index is 13.8. The summed E-state index contributed by atoms with van der Waals surface area (Å²) in [7, 11) is 0. The molecule has 7 nitrogen and oxygen atoms in total. The Morgan fingerprint density at radius 3 is 2.43 bits per heavy atom. The molecule has 3 fully saturated rings. The number of nitrogens with one attached hydrogen (secondary N) is 2. The van der Waals surface area contributed by atoms with Gasteiger partial charge in [0.05, 0.1) is 16.6 Å². The third-order valence-electron chi connectivity index (χ3n) is 7.31. The number of unbranched alkanes of at least 4 members (excludes halogenated alkanes) is 1. The Labute approximate surface area is 213 Å². The summed E-state index contributed by atoms with van der Waals surface area (Å²) in [6, 6.07) is 15.4. The van der Waals surface area contributed by atoms with Gasteiger partial charge in [0.2, 0.25) is 17.7 Å². The fraction of sp³-hybridized carbons (Fsp3) is 0.423. The molecule has 3 aliphatic heterocycles. The van der Waals surface area contributed by atoms with Crippen molar-refractivity contribution < 1.29 is 19.5 Å². The molecule has 2 bridgehead atoms. The Bertz CT molecular complexity index is 1120. The van der Waals surface area contributed by atoms with Crippen LogP contribution in [0.5, 0.6) is 0 Å². The topological polar surface area (TPSA) is 98.7 Å². The lowest BCUT2D eigenvalue weighted by Gasteiger charge is -2.34. The van der Waals surface area contributed by atoms with E-state index in [1.54, 1.807) is 40.9 Å². The van der Waals surface area contributed by atoms with E-state index in [0.29, 0.717) is 42.2 Å². The summed E-state index contributed by atoms with van der Waals surface area (Å²) >= 11 is 7.63. The minimum atomic E-state index is -0.682. The molecule has 2 aromatic rings. The largest absolute Gasteiger partial charge is 0.396 e. The van der Waals surface area contributed by atoms with Crippen molar-refractivity contribution in [3.8, 4) is 0 Å². The first-order chi connectivity index (χ1) is 16.9. The summed E-state index contributed by atoms with van der Waals surface area (Å²) < 4.78 is -0.643. The number of anilines is 2. The number of fused-ring (bicyclic) bond motifs is 1. The van der Waals surface area contributed by atoms with Crippen molar-refractivity contribution >= 4 is 52.5 Å². The van der Waals surface area contributed by atoms with Gasteiger partial charge in [0.1, 0.15) is 6.04 Å². The van der Waals surface area contributed by atoms with Crippen molar-refractivity contribution in [2.45, 2.75) is 41.7 Å². The molecule has 0 aliphatic carbocycles. The zero-order valence-electron chi connectivity index (χ0n) is 19.2. The van der Waals surface area contributed by atoms with Gasteiger partial charge in [-0.2, -0.15) is 0 Å². The van der Waals surface area contributed by atoms with Crippen LogP contribution >= 0.6 is 23.4 Å². The van der Waals surface area contributed by atoms with E-state index in [2.05, 4.69) is 10.6 Å². The molecule has 2 aromatic carbocycles. The number of aliphatic hydroxyl groups excluding tert-OH is 1. The second kappa shape index (κ2) is 9.84. The first-order valence-electron chi connectivity index (χ1n) is 12.0. The number of aliphatic hydroxyl groups is 1. The van der Waals surface area contributed by atoms with E-state index in [1.165, 1.54) is 0 Å². The lowest BCUT2D eigenvalue weighted by atomic mass is 9.70. The van der Waals surface area contributed by atoms with Gasteiger partial charge in [-0.05, 0) is 62.1 Å². The molecular weight excluding hydrogens is 486 g/mol. The van der Waals surface area contributed by atoms with Crippen LogP contribution in [-0.2, 0) is 14.4 Å². The molecule has 5 rings (SSSR count). The molecule has 3 N–H and O–H groups in total. The zero-order chi connectivity index (χ0) is 24.6. The van der Waals surface area contributed by atoms with E-state index in [9.17, 15) is 19.5 Å². The summed E-state index contributed by atoms with van der Waals surface area (Å²) in [6.07, 6.45) is 2.63. The maximum absolute atomic E-state index is 13.8. The smallest absolute Gasteiger partial charge is 0.248 e. The highest BCUT2D eigenvalue weighted by atomic mass is 35.5. The second-order valence-electron chi connectivity index (χ2n) is 9.37. The zero-order valence-corrected chi connectivity index (χ0v) is 20.7. The molecule has 3 heterocycles. The predicted octanol–water partition coefficient (Wildman–Crippen LogP) is 3.78. The second-order valence-corrected chi connectivity index (χ2v) is 11.4. The molecule has 9 heteroatoms. The highest BCUT2D eigenvalue weighted by Crippen LogP contribution is 2.66. The fourth-order valence-corrected chi connectivity index (χ4v) is 8.22. The van der Waals surface area contributed by atoms with Crippen LogP contribution in [-0.4, -0.2) is 56.9 Å². The summed E-state index contributed by atoms with van der Waals surface area (Å²) in [5.41, 5.74) is 1.31. The molecule has 0 saturated carbocycles. The summed E-state index contributed by atoms with van der Waals surface area (Å²) in [5, 5.41) is 15.8. The minimum absolute atomic E-state index is 0.00177. The van der Waals surface area contributed by atoms with E-state index in [-0.39, 0.29) is 29.6 Å². The Morgan fingerprint density at radius 1 is 1.03 bits per heavy atom. The third-order valence-corrected chi connectivity index (χ3v) is 9.52. The SMILES string of the molecule is O=C(Nc1ccc(Cl)cc1)C1N(CCCCO)C(=O)[C@@H]2[C@H](C(=O)Nc3ccccc3)[C@@H]3CCC12S3. The number of carbonyl (C=O) groups excluding carboxylic acids is 3. The number of halogens is 1. The molecular formula is C26H28ClN3O4S. The van der Waals surface area contributed by atoms with Crippen LogP contribution in [0, 0.1) is 11.8 Å². The fourth-order valence-electron chi connectivity index (χ4n) is 5.88. The van der Waals surface area contributed by atoms with Crippen molar-refractivity contribution in [3.05, 3.63) is 59.6 Å². The summed E-state index contributed by atoms with van der Waals surface area (Å²) in [5.74, 6) is -1.59. The number of hydrogen-bond acceptors (Lipinski definition) is 5. The predicted molar refractivity (Wildman–Crippen MR) is 137 cm³/mol. The van der Waals surface area contributed by atoms with Crippen LogP contribution in [0.15, 0.2) is 54.6 Å². The third kappa shape index (κ3) is 4.32. The average Bonchev–Trinajstić information content (AvgIpc) is 3.49. The van der Waals surface area contributed by atoms with Gasteiger partial charge in [-0.15, -0.1) is 11.8 Å². The Hall–Kier alpha value is -2.55. The molecule has 3 aliphatic rings. The minimum Gasteiger partial charge on any atom is -0.396 e. The van der Waals surface area contributed by atoms with E-state index in [4.69, 9.17) is 11.6 Å². The average molecular weight is 514 g/mol. The van der Waals surface area contributed by atoms with Crippen molar-refractivity contribution in [3.63, 3.8) is 0 Å². The highest BCUT2D eigenvalue weighted by molar-refractivity contribution is 8.02. The number of rotatable bonds is 8. The van der Waals surface area contributed by atoms with Crippen molar-refractivity contribution in [1.82, 2.24) is 4.90 Å². The number of likely N-dealkylation sites (tertiary alicyclic amines) is 1. The van der Waals surface area contributed by atoms with Crippen LogP contribution in [0.2, 0.25) is 5.02 Å². The standard InChI is InChI=1S/C26H28ClN3O4S/c27-16-8-10-18(11-9-16)29-24(33)22-26-13-12-19(35-26)20(23(32)28-17-6-2-1-3-7-17)21(26)25(34)30(22)14-4-5-15-31/h1-3,6-11,19-22,31H,4-5,12-15H2,(H,28,32)(H,29,33)/t19-,20+,21-,22?,26?/m0/s1. The van der Waals surface area contributed by atoms with Gasteiger partial charge in [0, 0.05) is 34.8 Å². The molecule has 184 valence electrons. The van der Waals surface area contributed by atoms with E-state index < -0.39 is 22.6 Å². The van der Waals surface area contributed by atoms with E-state index >= 15 is 0 Å². The molecule has 3 saturated heterocycles. The van der Waals surface area contributed by atoms with Crippen LogP contribution in [0.4, 0.5) is 11.4 Å². The molecule has 0 radical (unpaired) electrons. The number of hydrogen-bond donors (Lipinski definition) is 3. The highest BCUT2D eigenvalue weighted by Gasteiger charge is 2.73. The van der Waals surface area contributed by atoms with E-state index in [0.717, 1.165) is 6.42 Å². The van der Waals surface area contributed by atoms with Gasteiger partial charge < -0.3 is 20.6 Å². The van der Waals surface area contributed by atoms with Gasteiger partial charge in [-0.3, -0.25) is 14.4 Å². The van der Waals surface area contributed by atoms with Crippen molar-refractivity contribution in [2.24, 2.45) is 11.8 Å². The Morgan fingerprint density at radius 2 is 1.71 bits per heavy atom. The lowest BCUT2D eigenvalue weighted by Crippen LogP contribution is -2.51. The Kier molecular flexibility index (Phi) is 6.79. The number of carbonyl (C=O) groups is 3. The number of amides is 3. The summed E-state index contributed by atoms with van der Waals surface area (Å²) in [6.45, 7) is 0.395. The molecule has 5 atom stereocenters. The number of thioether (sulfide) groups is 1. The van der Waals surface area contributed by atoms with Gasteiger partial charge in [-0.25, -0.2) is 0 Å². The summed E-state index contributed by atoms with van der Waals surface area (Å²) in [4.78, 5) is 42.6. The normalized spacial score (nSPS) is 28.7. The van der Waals surface area contributed by atoms with Crippen molar-refractivity contribution in [2.75, 3.05) is 23.8 Å². The van der Waals surface area contributed by atoms with E-state index in [1.807, 2.05) is 30.3 Å². The molecule has 3 amide bonds. The molecule has 0 aromatic heterocycles. The number of benzene rings is 2. The molecule has 1 spiro atoms. The lowest BCUT2D eigenvalue weighted by molar-refractivity contribution is -0.138. The van der Waals surface area contributed by atoms with Gasteiger partial charge >= 0.3 is 0 Å². The maximum Gasteiger partial charge on any atom is 0.248 e. The van der Waals surface area contributed by atoms with Gasteiger partial charge in [-0.1, -0.05) is 29.8 Å². The number of para-hydroxylation sites is 1. The first kappa shape index (κ1) is 24.2. The Balaban J connectivity index is 1.44. The monoisotopic (exact) mass is 513 g/mol. The van der Waals surface area contributed by atoms with Gasteiger partial charge in [0.15, 0.2) is 0 Å². The quantitative estimate of drug-likeness (QED) is 0.467. The van der Waals surface area contributed by atoms with Crippen molar-refractivity contribution in [1.29, 1.82) is 0 Å². The van der Waals surface area contributed by atoms with Crippen LogP contribution in [0.25, 0.3) is 0 Å². The number of nitrogens with zero attached hydrogens (tertiary/aromatic N) is 1. The molecule has 2 unspecified atom stereocenters. The van der Waals surface area contributed by atoms with Crippen LogP contribution in [0.1, 0.15) is 25.7 Å².